The summed E-state index contributed by atoms with van der Waals surface area (Å²) in [6.45, 7) is 3.87. The zero-order valence-electron chi connectivity index (χ0n) is 13.4. The van der Waals surface area contributed by atoms with E-state index in [9.17, 15) is 9.18 Å². The number of nitriles is 1. The molecular formula is C18H18FN3O. The van der Waals surface area contributed by atoms with Crippen molar-refractivity contribution in [3.05, 3.63) is 58.9 Å². The van der Waals surface area contributed by atoms with Crippen LogP contribution in [0.5, 0.6) is 0 Å². The average molecular weight is 311 g/mol. The van der Waals surface area contributed by atoms with Crippen LogP contribution in [-0.2, 0) is 4.79 Å². The minimum absolute atomic E-state index is 0.0197. The number of nitrogens with one attached hydrogen (secondary N) is 1. The number of benzene rings is 2. The van der Waals surface area contributed by atoms with E-state index in [1.54, 1.807) is 18.0 Å². The number of carbonyl (C=O) groups excluding carboxylic acids is 1. The summed E-state index contributed by atoms with van der Waals surface area (Å²) in [7, 11) is 1.65. The number of hydrogen-bond donors (Lipinski definition) is 1. The van der Waals surface area contributed by atoms with E-state index in [0.29, 0.717) is 5.69 Å². The van der Waals surface area contributed by atoms with E-state index in [-0.39, 0.29) is 18.0 Å². The van der Waals surface area contributed by atoms with E-state index >= 15 is 0 Å². The number of anilines is 2. The molecule has 0 fully saturated rings. The molecule has 2 rings (SSSR count). The summed E-state index contributed by atoms with van der Waals surface area (Å²) < 4.78 is 13.7. The molecular weight excluding hydrogens is 293 g/mol. The number of amides is 1. The second kappa shape index (κ2) is 6.93. The molecule has 0 aliphatic heterocycles. The monoisotopic (exact) mass is 311 g/mol. The topological polar surface area (TPSA) is 56.1 Å². The van der Waals surface area contributed by atoms with E-state index in [4.69, 9.17) is 5.26 Å². The van der Waals surface area contributed by atoms with Crippen molar-refractivity contribution in [1.82, 2.24) is 0 Å². The first-order chi connectivity index (χ1) is 10.9. The predicted octanol–water partition coefficient (Wildman–Crippen LogP) is 3.39. The van der Waals surface area contributed by atoms with Gasteiger partial charge in [0.15, 0.2) is 0 Å². The fourth-order valence-electron chi connectivity index (χ4n) is 2.43. The van der Waals surface area contributed by atoms with Crippen molar-refractivity contribution >= 4 is 17.3 Å². The normalized spacial score (nSPS) is 10.0. The maximum Gasteiger partial charge on any atom is 0.243 e. The van der Waals surface area contributed by atoms with Crippen molar-refractivity contribution in [3.63, 3.8) is 0 Å². The van der Waals surface area contributed by atoms with E-state index in [2.05, 4.69) is 5.32 Å². The van der Waals surface area contributed by atoms with Gasteiger partial charge in [0.2, 0.25) is 5.91 Å². The van der Waals surface area contributed by atoms with Crippen molar-refractivity contribution in [2.45, 2.75) is 13.8 Å². The molecule has 2 aromatic carbocycles. The zero-order valence-corrected chi connectivity index (χ0v) is 13.4. The van der Waals surface area contributed by atoms with Crippen LogP contribution in [-0.4, -0.2) is 19.5 Å². The third-order valence-corrected chi connectivity index (χ3v) is 3.64. The van der Waals surface area contributed by atoms with Crippen molar-refractivity contribution in [3.8, 4) is 6.07 Å². The molecule has 0 bridgehead atoms. The highest BCUT2D eigenvalue weighted by Crippen LogP contribution is 2.22. The van der Waals surface area contributed by atoms with Gasteiger partial charge in [0.25, 0.3) is 0 Å². The van der Waals surface area contributed by atoms with Crippen LogP contribution in [0.4, 0.5) is 15.8 Å². The Morgan fingerprint density at radius 2 is 1.83 bits per heavy atom. The molecule has 0 aliphatic carbocycles. The fourth-order valence-corrected chi connectivity index (χ4v) is 2.43. The number of likely N-dealkylation sites (N-methyl/N-ethyl adjacent to an activating group) is 1. The van der Waals surface area contributed by atoms with Gasteiger partial charge in [-0.05, 0) is 37.1 Å². The summed E-state index contributed by atoms with van der Waals surface area (Å²) >= 11 is 0. The Hall–Kier alpha value is -2.87. The molecule has 118 valence electrons. The van der Waals surface area contributed by atoms with E-state index in [1.165, 1.54) is 12.1 Å². The third kappa shape index (κ3) is 3.67. The van der Waals surface area contributed by atoms with Gasteiger partial charge >= 0.3 is 0 Å². The van der Waals surface area contributed by atoms with Gasteiger partial charge in [-0.3, -0.25) is 4.79 Å². The molecule has 0 atom stereocenters. The zero-order chi connectivity index (χ0) is 17.0. The summed E-state index contributed by atoms with van der Waals surface area (Å²) in [5.74, 6) is -0.815. The number of halogens is 1. The van der Waals surface area contributed by atoms with E-state index < -0.39 is 5.82 Å². The summed E-state index contributed by atoms with van der Waals surface area (Å²) in [5.41, 5.74) is 3.07. The Balaban J connectivity index is 2.15. The van der Waals surface area contributed by atoms with Crippen molar-refractivity contribution < 1.29 is 9.18 Å². The van der Waals surface area contributed by atoms with Gasteiger partial charge in [-0.25, -0.2) is 4.39 Å². The number of carbonyl (C=O) groups is 1. The quantitative estimate of drug-likeness (QED) is 0.941. The minimum atomic E-state index is -0.591. The maximum atomic E-state index is 13.7. The third-order valence-electron chi connectivity index (χ3n) is 3.64. The highest BCUT2D eigenvalue weighted by Gasteiger charge is 2.15. The van der Waals surface area contributed by atoms with Crippen LogP contribution in [0.25, 0.3) is 0 Å². The van der Waals surface area contributed by atoms with Crippen LogP contribution < -0.4 is 10.2 Å². The highest BCUT2D eigenvalue weighted by molar-refractivity contribution is 5.95. The van der Waals surface area contributed by atoms with Gasteiger partial charge in [0, 0.05) is 12.7 Å². The molecule has 0 aliphatic rings. The first kappa shape index (κ1) is 16.5. The largest absolute Gasteiger partial charge is 0.364 e. The molecule has 0 radical (unpaired) electrons. The van der Waals surface area contributed by atoms with Crippen molar-refractivity contribution in [2.75, 3.05) is 23.8 Å². The highest BCUT2D eigenvalue weighted by atomic mass is 19.1. The number of para-hydroxylation sites is 1. The standard InChI is InChI=1S/C18H18FN3O/c1-12-6-4-7-13(2)18(12)21-17(23)11-22(3)16-9-5-8-15(19)14(16)10-20/h4-9H,11H2,1-3H3,(H,21,23). The van der Waals surface area contributed by atoms with Gasteiger partial charge in [-0.2, -0.15) is 5.26 Å². The lowest BCUT2D eigenvalue weighted by Gasteiger charge is -2.21. The number of nitrogens with zero attached hydrogens (tertiary/aromatic N) is 2. The molecule has 5 heteroatoms. The fraction of sp³-hybridized carbons (Fsp3) is 0.222. The Morgan fingerprint density at radius 1 is 1.22 bits per heavy atom. The van der Waals surface area contributed by atoms with Crippen LogP contribution in [0.1, 0.15) is 16.7 Å². The molecule has 0 aromatic heterocycles. The van der Waals surface area contributed by atoms with Crippen LogP contribution in [0.15, 0.2) is 36.4 Å². The number of rotatable bonds is 4. The van der Waals surface area contributed by atoms with E-state index in [0.717, 1.165) is 16.8 Å². The average Bonchev–Trinajstić information content (AvgIpc) is 2.50. The van der Waals surface area contributed by atoms with Crippen LogP contribution in [0, 0.1) is 31.0 Å². The molecule has 0 saturated heterocycles. The van der Waals surface area contributed by atoms with Gasteiger partial charge < -0.3 is 10.2 Å². The van der Waals surface area contributed by atoms with Crippen LogP contribution in [0.2, 0.25) is 0 Å². The van der Waals surface area contributed by atoms with Gasteiger partial charge in [0.1, 0.15) is 17.4 Å². The van der Waals surface area contributed by atoms with Gasteiger partial charge in [0.05, 0.1) is 12.2 Å². The second-order valence-corrected chi connectivity index (χ2v) is 5.42. The molecule has 2 aromatic rings. The first-order valence-corrected chi connectivity index (χ1v) is 7.20. The van der Waals surface area contributed by atoms with Gasteiger partial charge in [-0.1, -0.05) is 24.3 Å². The van der Waals surface area contributed by atoms with Crippen molar-refractivity contribution in [2.24, 2.45) is 0 Å². The SMILES string of the molecule is Cc1cccc(C)c1NC(=O)CN(C)c1cccc(F)c1C#N. The molecule has 0 spiro atoms. The number of hydrogen-bond acceptors (Lipinski definition) is 3. The molecule has 0 saturated carbocycles. The molecule has 1 amide bonds. The van der Waals surface area contributed by atoms with Crippen LogP contribution >= 0.6 is 0 Å². The van der Waals surface area contributed by atoms with Gasteiger partial charge in [-0.15, -0.1) is 0 Å². The van der Waals surface area contributed by atoms with Crippen molar-refractivity contribution in [1.29, 1.82) is 5.26 Å². The Bertz CT molecular complexity index is 760. The Kier molecular flexibility index (Phi) is 4.97. The molecule has 0 unspecified atom stereocenters. The second-order valence-electron chi connectivity index (χ2n) is 5.42. The Labute approximate surface area is 135 Å². The minimum Gasteiger partial charge on any atom is -0.364 e. The lowest BCUT2D eigenvalue weighted by atomic mass is 10.1. The first-order valence-electron chi connectivity index (χ1n) is 7.20. The summed E-state index contributed by atoms with van der Waals surface area (Å²) in [4.78, 5) is 13.8. The number of aryl methyl sites for hydroxylation is 2. The maximum absolute atomic E-state index is 13.7. The predicted molar refractivity (Wildman–Crippen MR) is 88.9 cm³/mol. The molecule has 4 nitrogen and oxygen atoms in total. The lowest BCUT2D eigenvalue weighted by molar-refractivity contribution is -0.114. The lowest BCUT2D eigenvalue weighted by Crippen LogP contribution is -2.31. The smallest absolute Gasteiger partial charge is 0.243 e. The van der Waals surface area contributed by atoms with E-state index in [1.807, 2.05) is 38.1 Å². The summed E-state index contributed by atoms with van der Waals surface area (Å²) in [6, 6.07) is 12.0. The summed E-state index contributed by atoms with van der Waals surface area (Å²) in [5, 5.41) is 11.9. The molecule has 23 heavy (non-hydrogen) atoms. The summed E-state index contributed by atoms with van der Waals surface area (Å²) in [6.07, 6.45) is 0. The molecule has 1 N–H and O–H groups in total. The molecule has 0 heterocycles. The van der Waals surface area contributed by atoms with Crippen LogP contribution in [0.3, 0.4) is 0 Å². The Morgan fingerprint density at radius 3 is 2.43 bits per heavy atom.